The van der Waals surface area contributed by atoms with Gasteiger partial charge in [-0.1, -0.05) is 48.5 Å². The van der Waals surface area contributed by atoms with Crippen LogP contribution in [0, 0.1) is 0 Å². The lowest BCUT2D eigenvalue weighted by atomic mass is 10.0. The molecule has 0 atom stereocenters. The van der Waals surface area contributed by atoms with E-state index in [1.165, 1.54) is 0 Å². The van der Waals surface area contributed by atoms with E-state index in [2.05, 4.69) is 4.99 Å². The summed E-state index contributed by atoms with van der Waals surface area (Å²) >= 11 is 0. The Labute approximate surface area is 151 Å². The van der Waals surface area contributed by atoms with Crippen molar-refractivity contribution >= 4 is 28.7 Å². The molecule has 3 aromatic rings. The fraction of sp³-hybridized carbons (Fsp3) is 0.0909. The van der Waals surface area contributed by atoms with Gasteiger partial charge in [0.25, 0.3) is 0 Å². The number of esters is 1. The number of fused-ring (bicyclic) bond motifs is 1. The molecule has 0 unspecified atom stereocenters. The first-order valence-corrected chi connectivity index (χ1v) is 8.48. The summed E-state index contributed by atoms with van der Waals surface area (Å²) in [7, 11) is 0. The summed E-state index contributed by atoms with van der Waals surface area (Å²) in [6, 6.07) is 21.3. The summed E-state index contributed by atoms with van der Waals surface area (Å²) < 4.78 is 10.8. The van der Waals surface area contributed by atoms with Crippen LogP contribution < -0.4 is 4.74 Å². The predicted molar refractivity (Wildman–Crippen MR) is 102 cm³/mol. The van der Waals surface area contributed by atoms with Crippen LogP contribution in [0.3, 0.4) is 0 Å². The van der Waals surface area contributed by atoms with Crippen LogP contribution in [0.5, 0.6) is 5.75 Å². The van der Waals surface area contributed by atoms with Gasteiger partial charge in [0.15, 0.2) is 5.70 Å². The Balaban J connectivity index is 1.68. The van der Waals surface area contributed by atoms with Gasteiger partial charge in [0.05, 0.1) is 6.61 Å². The van der Waals surface area contributed by atoms with Crippen molar-refractivity contribution in [2.75, 3.05) is 6.61 Å². The van der Waals surface area contributed by atoms with Gasteiger partial charge in [-0.15, -0.1) is 0 Å². The molecule has 0 aromatic heterocycles. The zero-order chi connectivity index (χ0) is 17.9. The number of aliphatic imine (C=N–C) groups is 1. The fourth-order valence-corrected chi connectivity index (χ4v) is 2.92. The maximum Gasteiger partial charge on any atom is 0.363 e. The molecule has 4 rings (SSSR count). The van der Waals surface area contributed by atoms with Crippen molar-refractivity contribution in [3.8, 4) is 5.75 Å². The molecule has 1 aliphatic rings. The van der Waals surface area contributed by atoms with Gasteiger partial charge in [0.2, 0.25) is 5.90 Å². The second kappa shape index (κ2) is 6.84. The molecule has 128 valence electrons. The minimum Gasteiger partial charge on any atom is -0.494 e. The Morgan fingerprint density at radius 2 is 1.77 bits per heavy atom. The summed E-state index contributed by atoms with van der Waals surface area (Å²) in [5, 5.41) is 2.08. The number of carbonyl (C=O) groups is 1. The lowest BCUT2D eigenvalue weighted by Gasteiger charge is -2.04. The van der Waals surface area contributed by atoms with Crippen LogP contribution in [0.15, 0.2) is 77.4 Å². The van der Waals surface area contributed by atoms with E-state index in [9.17, 15) is 4.79 Å². The summed E-state index contributed by atoms with van der Waals surface area (Å²) in [5.41, 5.74) is 1.96. The summed E-state index contributed by atoms with van der Waals surface area (Å²) in [6.45, 7) is 2.55. The lowest BCUT2D eigenvalue weighted by Crippen LogP contribution is -2.05. The quantitative estimate of drug-likeness (QED) is 0.514. The normalized spacial score (nSPS) is 15.2. The molecule has 0 amide bonds. The highest BCUT2D eigenvalue weighted by Gasteiger charge is 2.25. The maximum atomic E-state index is 12.2. The first kappa shape index (κ1) is 16.1. The minimum absolute atomic E-state index is 0.289. The van der Waals surface area contributed by atoms with Crippen LogP contribution in [0.25, 0.3) is 16.8 Å². The molecule has 4 nitrogen and oxygen atoms in total. The van der Waals surface area contributed by atoms with E-state index in [1.54, 1.807) is 6.08 Å². The van der Waals surface area contributed by atoms with Crippen LogP contribution >= 0.6 is 0 Å². The molecule has 0 radical (unpaired) electrons. The van der Waals surface area contributed by atoms with E-state index in [-0.39, 0.29) is 5.70 Å². The van der Waals surface area contributed by atoms with Crippen molar-refractivity contribution < 1.29 is 14.3 Å². The van der Waals surface area contributed by atoms with E-state index < -0.39 is 5.97 Å². The molecule has 0 bridgehead atoms. The van der Waals surface area contributed by atoms with E-state index in [1.807, 2.05) is 73.7 Å². The van der Waals surface area contributed by atoms with Crippen molar-refractivity contribution in [3.05, 3.63) is 83.6 Å². The molecule has 0 fully saturated rings. The highest BCUT2D eigenvalue weighted by atomic mass is 16.6. The van der Waals surface area contributed by atoms with Crippen LogP contribution in [0.2, 0.25) is 0 Å². The molecule has 3 aromatic carbocycles. The predicted octanol–water partition coefficient (Wildman–Crippen LogP) is 4.58. The Morgan fingerprint density at radius 1 is 1.00 bits per heavy atom. The van der Waals surface area contributed by atoms with Gasteiger partial charge < -0.3 is 9.47 Å². The largest absolute Gasteiger partial charge is 0.494 e. The first-order chi connectivity index (χ1) is 12.7. The van der Waals surface area contributed by atoms with Gasteiger partial charge >= 0.3 is 5.97 Å². The van der Waals surface area contributed by atoms with Crippen molar-refractivity contribution in [2.24, 2.45) is 4.99 Å². The monoisotopic (exact) mass is 343 g/mol. The molecule has 0 aliphatic carbocycles. The average Bonchev–Trinajstić information content (AvgIpc) is 3.03. The number of carbonyl (C=O) groups excluding carboxylic acids is 1. The molecule has 0 saturated carbocycles. The number of hydrogen-bond acceptors (Lipinski definition) is 4. The smallest absolute Gasteiger partial charge is 0.363 e. The van der Waals surface area contributed by atoms with Gasteiger partial charge in [-0.05, 0) is 47.5 Å². The van der Waals surface area contributed by atoms with Gasteiger partial charge in [-0.2, -0.15) is 0 Å². The number of benzene rings is 3. The highest BCUT2D eigenvalue weighted by Crippen LogP contribution is 2.25. The fourth-order valence-electron chi connectivity index (χ4n) is 2.92. The molecule has 26 heavy (non-hydrogen) atoms. The van der Waals surface area contributed by atoms with Crippen molar-refractivity contribution in [1.29, 1.82) is 0 Å². The summed E-state index contributed by atoms with van der Waals surface area (Å²) in [6.07, 6.45) is 1.72. The van der Waals surface area contributed by atoms with Crippen LogP contribution in [0.4, 0.5) is 0 Å². The van der Waals surface area contributed by atoms with Crippen LogP contribution in [0.1, 0.15) is 18.1 Å². The topological polar surface area (TPSA) is 47.9 Å². The minimum atomic E-state index is -0.443. The average molecular weight is 343 g/mol. The van der Waals surface area contributed by atoms with Crippen molar-refractivity contribution in [3.63, 3.8) is 0 Å². The standard InChI is InChI=1S/C22H17NO3/c1-2-25-17-12-10-15(11-13-17)14-20-22(24)26-21(23-20)19-9-5-7-16-6-3-4-8-18(16)19/h3-14H,2H2,1H3. The van der Waals surface area contributed by atoms with Crippen molar-refractivity contribution in [1.82, 2.24) is 0 Å². The van der Waals surface area contributed by atoms with Crippen LogP contribution in [-0.2, 0) is 9.53 Å². The van der Waals surface area contributed by atoms with Gasteiger partial charge in [-0.25, -0.2) is 9.79 Å². The van der Waals surface area contributed by atoms with E-state index in [4.69, 9.17) is 9.47 Å². The Bertz CT molecular complexity index is 1030. The Kier molecular flexibility index (Phi) is 4.23. The zero-order valence-corrected chi connectivity index (χ0v) is 14.3. The third-order valence-electron chi connectivity index (χ3n) is 4.14. The van der Waals surface area contributed by atoms with E-state index in [0.29, 0.717) is 12.5 Å². The third kappa shape index (κ3) is 3.09. The summed E-state index contributed by atoms with van der Waals surface area (Å²) in [5.74, 6) is 0.689. The second-order valence-corrected chi connectivity index (χ2v) is 5.86. The number of hydrogen-bond donors (Lipinski definition) is 0. The number of ether oxygens (including phenoxy) is 2. The second-order valence-electron chi connectivity index (χ2n) is 5.86. The number of nitrogens with zero attached hydrogens (tertiary/aromatic N) is 1. The van der Waals surface area contributed by atoms with Gasteiger partial charge in [0, 0.05) is 5.56 Å². The number of cyclic esters (lactones) is 1. The molecular formula is C22H17NO3. The van der Waals surface area contributed by atoms with Crippen molar-refractivity contribution in [2.45, 2.75) is 6.92 Å². The molecule has 1 heterocycles. The zero-order valence-electron chi connectivity index (χ0n) is 14.3. The lowest BCUT2D eigenvalue weighted by molar-refractivity contribution is -0.129. The molecule has 0 N–H and O–H groups in total. The third-order valence-corrected chi connectivity index (χ3v) is 4.14. The Morgan fingerprint density at radius 3 is 2.58 bits per heavy atom. The van der Waals surface area contributed by atoms with Gasteiger partial charge in [0.1, 0.15) is 5.75 Å². The van der Waals surface area contributed by atoms with E-state index in [0.717, 1.165) is 27.6 Å². The molecule has 1 aliphatic heterocycles. The molecule has 0 saturated heterocycles. The SMILES string of the molecule is CCOc1ccc(C=C2N=C(c3cccc4ccccc34)OC2=O)cc1. The first-order valence-electron chi connectivity index (χ1n) is 8.48. The number of rotatable bonds is 4. The molecular weight excluding hydrogens is 326 g/mol. The Hall–Kier alpha value is -3.40. The maximum absolute atomic E-state index is 12.2. The molecule has 4 heteroatoms. The van der Waals surface area contributed by atoms with Crippen LogP contribution in [-0.4, -0.2) is 18.5 Å². The van der Waals surface area contributed by atoms with Gasteiger partial charge in [-0.3, -0.25) is 0 Å². The molecule has 0 spiro atoms. The summed E-state index contributed by atoms with van der Waals surface area (Å²) in [4.78, 5) is 16.7. The highest BCUT2D eigenvalue weighted by molar-refractivity contribution is 6.17. The van der Waals surface area contributed by atoms with E-state index >= 15 is 0 Å².